The van der Waals surface area contributed by atoms with Crippen molar-refractivity contribution in [2.45, 2.75) is 44.8 Å². The van der Waals surface area contributed by atoms with Crippen molar-refractivity contribution in [2.75, 3.05) is 33.4 Å². The second-order valence-electron chi connectivity index (χ2n) is 6.25. The van der Waals surface area contributed by atoms with Crippen molar-refractivity contribution in [1.82, 2.24) is 5.32 Å². The number of aliphatic hydroxyl groups is 1. The normalized spacial score (nSPS) is 22.7. The largest absolute Gasteiger partial charge is 0.389 e. The highest BCUT2D eigenvalue weighted by molar-refractivity contribution is 4.92. The van der Waals surface area contributed by atoms with E-state index >= 15 is 0 Å². The lowest BCUT2D eigenvalue weighted by atomic mass is 9.98. The van der Waals surface area contributed by atoms with Gasteiger partial charge in [0.05, 0.1) is 25.4 Å². The Morgan fingerprint density at radius 2 is 1.74 bits per heavy atom. The van der Waals surface area contributed by atoms with Crippen LogP contribution in [0.15, 0.2) is 0 Å². The monoisotopic (exact) mass is 271 g/mol. The molecule has 0 radical (unpaired) electrons. The van der Waals surface area contributed by atoms with E-state index in [0.29, 0.717) is 19.8 Å². The van der Waals surface area contributed by atoms with E-state index in [1.54, 1.807) is 7.11 Å². The van der Waals surface area contributed by atoms with Gasteiger partial charge in [-0.1, -0.05) is 0 Å². The topological polar surface area (TPSA) is 50.7 Å². The molecule has 2 rings (SSSR count). The van der Waals surface area contributed by atoms with Crippen LogP contribution in [0.5, 0.6) is 0 Å². The van der Waals surface area contributed by atoms with E-state index in [9.17, 15) is 5.11 Å². The molecular formula is C15H29NO3. The molecule has 2 atom stereocenters. The van der Waals surface area contributed by atoms with Crippen molar-refractivity contribution >= 4 is 0 Å². The van der Waals surface area contributed by atoms with Gasteiger partial charge < -0.3 is 19.9 Å². The maximum absolute atomic E-state index is 9.86. The number of rotatable bonds is 11. The van der Waals surface area contributed by atoms with E-state index in [2.05, 4.69) is 5.32 Å². The SMILES string of the molecule is COCC(C)OCC(O)CNCC(C1CC1)C1CC1. The van der Waals surface area contributed by atoms with Crippen LogP contribution < -0.4 is 5.32 Å². The zero-order chi connectivity index (χ0) is 13.7. The molecule has 0 heterocycles. The van der Waals surface area contributed by atoms with Crippen LogP contribution in [0.4, 0.5) is 0 Å². The molecule has 4 nitrogen and oxygen atoms in total. The van der Waals surface area contributed by atoms with Crippen molar-refractivity contribution < 1.29 is 14.6 Å². The lowest BCUT2D eigenvalue weighted by Gasteiger charge is -2.19. The van der Waals surface area contributed by atoms with Crippen LogP contribution in [0.25, 0.3) is 0 Å². The third kappa shape index (κ3) is 5.78. The van der Waals surface area contributed by atoms with Gasteiger partial charge in [-0.05, 0) is 56.9 Å². The van der Waals surface area contributed by atoms with E-state index in [-0.39, 0.29) is 6.10 Å². The minimum atomic E-state index is -0.418. The van der Waals surface area contributed by atoms with E-state index in [4.69, 9.17) is 9.47 Å². The van der Waals surface area contributed by atoms with Gasteiger partial charge in [-0.3, -0.25) is 0 Å². The first-order valence-corrected chi connectivity index (χ1v) is 7.70. The third-order valence-corrected chi connectivity index (χ3v) is 4.19. The lowest BCUT2D eigenvalue weighted by molar-refractivity contribution is -0.0312. The molecule has 0 amide bonds. The molecule has 2 aliphatic rings. The molecule has 2 aliphatic carbocycles. The summed E-state index contributed by atoms with van der Waals surface area (Å²) in [5.41, 5.74) is 0. The smallest absolute Gasteiger partial charge is 0.0897 e. The van der Waals surface area contributed by atoms with E-state index in [1.165, 1.54) is 25.7 Å². The average molecular weight is 271 g/mol. The van der Waals surface area contributed by atoms with Gasteiger partial charge in [0.15, 0.2) is 0 Å². The van der Waals surface area contributed by atoms with Crippen LogP contribution in [0.1, 0.15) is 32.6 Å². The maximum atomic E-state index is 9.86. The molecule has 0 aliphatic heterocycles. The predicted molar refractivity (Wildman–Crippen MR) is 75.1 cm³/mol. The van der Waals surface area contributed by atoms with Crippen LogP contribution >= 0.6 is 0 Å². The second-order valence-corrected chi connectivity index (χ2v) is 6.25. The minimum absolute atomic E-state index is 0.0466. The molecule has 0 aromatic heterocycles. The molecule has 4 heteroatoms. The van der Waals surface area contributed by atoms with Crippen molar-refractivity contribution in [3.8, 4) is 0 Å². The van der Waals surface area contributed by atoms with Crippen molar-refractivity contribution in [3.63, 3.8) is 0 Å². The molecular weight excluding hydrogens is 242 g/mol. The van der Waals surface area contributed by atoms with Gasteiger partial charge in [-0.15, -0.1) is 0 Å². The molecule has 19 heavy (non-hydrogen) atoms. The lowest BCUT2D eigenvalue weighted by Crippen LogP contribution is -2.35. The quantitative estimate of drug-likeness (QED) is 0.597. The molecule has 0 aromatic carbocycles. The third-order valence-electron chi connectivity index (χ3n) is 4.19. The van der Waals surface area contributed by atoms with Gasteiger partial charge in [0, 0.05) is 13.7 Å². The number of methoxy groups -OCH3 is 1. The summed E-state index contributed by atoms with van der Waals surface area (Å²) >= 11 is 0. The first-order valence-electron chi connectivity index (χ1n) is 7.70. The first kappa shape index (κ1) is 15.2. The van der Waals surface area contributed by atoms with Gasteiger partial charge in [0.1, 0.15) is 0 Å². The van der Waals surface area contributed by atoms with Gasteiger partial charge in [0.2, 0.25) is 0 Å². The van der Waals surface area contributed by atoms with E-state index in [1.807, 2.05) is 6.92 Å². The summed E-state index contributed by atoms with van der Waals surface area (Å²) in [6, 6.07) is 0. The number of hydrogen-bond acceptors (Lipinski definition) is 4. The molecule has 0 spiro atoms. The Morgan fingerprint density at radius 3 is 2.26 bits per heavy atom. The second kappa shape index (κ2) is 7.58. The highest BCUT2D eigenvalue weighted by atomic mass is 16.5. The summed E-state index contributed by atoms with van der Waals surface area (Å²) in [5, 5.41) is 13.3. The fraction of sp³-hybridized carbons (Fsp3) is 1.00. The maximum Gasteiger partial charge on any atom is 0.0897 e. The summed E-state index contributed by atoms with van der Waals surface area (Å²) in [5.74, 6) is 2.80. The summed E-state index contributed by atoms with van der Waals surface area (Å²) in [6.45, 7) is 4.62. The Bertz CT molecular complexity index is 242. The first-order chi connectivity index (χ1) is 9.20. The molecule has 2 unspecified atom stereocenters. The van der Waals surface area contributed by atoms with Crippen LogP contribution in [-0.2, 0) is 9.47 Å². The van der Waals surface area contributed by atoms with Crippen molar-refractivity contribution in [3.05, 3.63) is 0 Å². The van der Waals surface area contributed by atoms with E-state index in [0.717, 1.165) is 24.3 Å². The molecule has 0 aromatic rings. The van der Waals surface area contributed by atoms with E-state index < -0.39 is 6.10 Å². The minimum Gasteiger partial charge on any atom is -0.389 e. The zero-order valence-corrected chi connectivity index (χ0v) is 12.3. The average Bonchev–Trinajstić information content (AvgIpc) is 3.26. The predicted octanol–water partition coefficient (Wildman–Crippen LogP) is 1.42. The molecule has 0 saturated heterocycles. The Morgan fingerprint density at radius 1 is 1.11 bits per heavy atom. The van der Waals surface area contributed by atoms with Crippen molar-refractivity contribution in [2.24, 2.45) is 17.8 Å². The summed E-state index contributed by atoms with van der Waals surface area (Å²) < 4.78 is 10.5. The van der Waals surface area contributed by atoms with Crippen LogP contribution in [0.3, 0.4) is 0 Å². The molecule has 2 fully saturated rings. The summed E-state index contributed by atoms with van der Waals surface area (Å²) in [4.78, 5) is 0. The van der Waals surface area contributed by atoms with Crippen molar-refractivity contribution in [1.29, 1.82) is 0 Å². The molecule has 2 N–H and O–H groups in total. The number of ether oxygens (including phenoxy) is 2. The molecule has 2 saturated carbocycles. The fourth-order valence-electron chi connectivity index (χ4n) is 2.80. The Kier molecular flexibility index (Phi) is 6.07. The number of aliphatic hydroxyl groups excluding tert-OH is 1. The highest BCUT2D eigenvalue weighted by Gasteiger charge is 2.40. The molecule has 112 valence electrons. The summed E-state index contributed by atoms with van der Waals surface area (Å²) in [7, 11) is 1.66. The number of nitrogens with one attached hydrogen (secondary N) is 1. The fourth-order valence-corrected chi connectivity index (χ4v) is 2.80. The number of hydrogen-bond donors (Lipinski definition) is 2. The zero-order valence-electron chi connectivity index (χ0n) is 12.3. The Labute approximate surface area is 116 Å². The van der Waals surface area contributed by atoms with Gasteiger partial charge in [0.25, 0.3) is 0 Å². The van der Waals surface area contributed by atoms with Gasteiger partial charge in [-0.25, -0.2) is 0 Å². The van der Waals surface area contributed by atoms with Crippen LogP contribution in [0, 0.1) is 17.8 Å². The summed E-state index contributed by atoms with van der Waals surface area (Å²) in [6.07, 6.45) is 5.31. The highest BCUT2D eigenvalue weighted by Crippen LogP contribution is 2.48. The standard InChI is InChI=1S/C15H29NO3/c1-11(9-18-2)19-10-14(17)7-16-8-15(12-3-4-12)13-5-6-13/h11-17H,3-10H2,1-2H3. The molecule has 0 bridgehead atoms. The Hall–Kier alpha value is -0.160. The van der Waals surface area contributed by atoms with Crippen LogP contribution in [-0.4, -0.2) is 50.7 Å². The van der Waals surface area contributed by atoms with Gasteiger partial charge >= 0.3 is 0 Å². The van der Waals surface area contributed by atoms with Gasteiger partial charge in [-0.2, -0.15) is 0 Å². The Balaban J connectivity index is 1.51. The van der Waals surface area contributed by atoms with Crippen LogP contribution in [0.2, 0.25) is 0 Å².